The van der Waals surface area contributed by atoms with E-state index < -0.39 is 6.10 Å². The molecule has 396 valence electrons. The first kappa shape index (κ1) is 65.6. The van der Waals surface area contributed by atoms with Crippen molar-refractivity contribution >= 4 is 17.9 Å². The molecule has 1 atom stereocenters. The van der Waals surface area contributed by atoms with E-state index in [-0.39, 0.29) is 31.1 Å². The van der Waals surface area contributed by atoms with Crippen LogP contribution in [0.1, 0.15) is 278 Å². The third-order valence-corrected chi connectivity index (χ3v) is 12.4. The molecular weight excluding hydrogens is 853 g/mol. The first-order valence-electron chi connectivity index (χ1n) is 29.1. The van der Waals surface area contributed by atoms with Crippen LogP contribution >= 0.6 is 0 Å². The standard InChI is InChI=1S/C63H108O6/c1-4-7-10-13-16-19-22-25-28-30-32-34-35-38-41-44-47-50-53-56-62(65)68-59-60(58-67-61(64)55-52-49-46-43-40-37-27-24-21-18-15-12-9-6-3)69-63(66)57-54-51-48-45-42-39-36-33-31-29-26-23-20-17-14-11-8-5-2/h9,12,17-18,20-21,23,26,29-33,36,60H,4-8,10-11,13-16,19,22,24-25,27-28,34-35,37-59H2,1-3H3/b12-9-,20-17-,21-18-,26-23-,31-29-,32-30-,36-33-. The van der Waals surface area contributed by atoms with Gasteiger partial charge in [0.2, 0.25) is 0 Å². The molecule has 0 aliphatic carbocycles. The molecule has 0 saturated heterocycles. The monoisotopic (exact) mass is 961 g/mol. The van der Waals surface area contributed by atoms with E-state index >= 15 is 0 Å². The average Bonchev–Trinajstić information content (AvgIpc) is 3.35. The van der Waals surface area contributed by atoms with Gasteiger partial charge in [-0.1, -0.05) is 247 Å². The van der Waals surface area contributed by atoms with Crippen LogP contribution in [0.3, 0.4) is 0 Å². The number of carbonyl (C=O) groups excluding carboxylic acids is 3. The molecule has 0 saturated carbocycles. The van der Waals surface area contributed by atoms with Crippen LogP contribution in [0.4, 0.5) is 0 Å². The summed E-state index contributed by atoms with van der Waals surface area (Å²) in [5, 5.41) is 0. The lowest BCUT2D eigenvalue weighted by molar-refractivity contribution is -0.167. The molecule has 0 bridgehead atoms. The van der Waals surface area contributed by atoms with E-state index in [9.17, 15) is 14.4 Å². The van der Waals surface area contributed by atoms with Crippen molar-refractivity contribution in [2.45, 2.75) is 284 Å². The maximum absolute atomic E-state index is 12.9. The van der Waals surface area contributed by atoms with Crippen LogP contribution < -0.4 is 0 Å². The smallest absolute Gasteiger partial charge is 0.306 e. The SMILES string of the molecule is CC/C=C\C/C=C\CCCCCCCCCC(=O)OCC(COC(=O)CCCCCCCCC/C=C\CCCCCCCCCC)OC(=O)CCCCCCC\C=C/C=C\C=C/C=C\CCCCC. The number of allylic oxidation sites excluding steroid dienone is 14. The van der Waals surface area contributed by atoms with E-state index in [0.29, 0.717) is 19.3 Å². The zero-order valence-corrected chi connectivity index (χ0v) is 45.3. The van der Waals surface area contributed by atoms with Crippen molar-refractivity contribution in [3.8, 4) is 0 Å². The molecule has 0 aromatic heterocycles. The Bertz CT molecular complexity index is 1330. The summed E-state index contributed by atoms with van der Waals surface area (Å²) in [6.45, 7) is 6.48. The topological polar surface area (TPSA) is 78.9 Å². The quantitative estimate of drug-likeness (QED) is 0.0199. The van der Waals surface area contributed by atoms with Crippen molar-refractivity contribution in [1.29, 1.82) is 0 Å². The lowest BCUT2D eigenvalue weighted by atomic mass is 10.1. The van der Waals surface area contributed by atoms with Crippen LogP contribution in [0.15, 0.2) is 85.1 Å². The molecule has 0 aromatic rings. The Hall–Kier alpha value is -3.41. The van der Waals surface area contributed by atoms with Gasteiger partial charge >= 0.3 is 17.9 Å². The van der Waals surface area contributed by atoms with Crippen LogP contribution in [0.2, 0.25) is 0 Å². The molecule has 0 amide bonds. The zero-order chi connectivity index (χ0) is 50.0. The van der Waals surface area contributed by atoms with Gasteiger partial charge in [0.05, 0.1) is 0 Å². The van der Waals surface area contributed by atoms with Crippen molar-refractivity contribution in [2.24, 2.45) is 0 Å². The van der Waals surface area contributed by atoms with Gasteiger partial charge in [-0.2, -0.15) is 0 Å². The van der Waals surface area contributed by atoms with E-state index in [1.807, 2.05) is 0 Å². The molecule has 0 heterocycles. The molecule has 0 aromatic carbocycles. The van der Waals surface area contributed by atoms with Crippen molar-refractivity contribution in [3.05, 3.63) is 85.1 Å². The fraction of sp³-hybridized carbons (Fsp3) is 0.730. The number of carbonyl (C=O) groups is 3. The molecule has 6 nitrogen and oxygen atoms in total. The van der Waals surface area contributed by atoms with Crippen LogP contribution in [-0.2, 0) is 28.6 Å². The molecule has 0 spiro atoms. The minimum absolute atomic E-state index is 0.0910. The molecule has 0 rings (SSSR count). The normalized spacial score (nSPS) is 12.7. The predicted molar refractivity (Wildman–Crippen MR) is 297 cm³/mol. The predicted octanol–water partition coefficient (Wildman–Crippen LogP) is 19.5. The average molecular weight is 962 g/mol. The maximum atomic E-state index is 12.9. The number of ether oxygens (including phenoxy) is 3. The molecule has 0 radical (unpaired) electrons. The van der Waals surface area contributed by atoms with Gasteiger partial charge in [-0.15, -0.1) is 0 Å². The Morgan fingerprint density at radius 1 is 0.319 bits per heavy atom. The summed E-state index contributed by atoms with van der Waals surface area (Å²) in [5.74, 6) is -0.920. The first-order chi connectivity index (χ1) is 34.0. The Kier molecular flexibility index (Phi) is 54.3. The highest BCUT2D eigenvalue weighted by atomic mass is 16.6. The van der Waals surface area contributed by atoms with E-state index in [4.69, 9.17) is 14.2 Å². The highest BCUT2D eigenvalue weighted by molar-refractivity contribution is 5.71. The van der Waals surface area contributed by atoms with Crippen LogP contribution in [0, 0.1) is 0 Å². The van der Waals surface area contributed by atoms with Crippen molar-refractivity contribution in [1.82, 2.24) is 0 Å². The van der Waals surface area contributed by atoms with Crippen LogP contribution in [0.25, 0.3) is 0 Å². The summed E-state index contributed by atoms with van der Waals surface area (Å²) in [6.07, 6.45) is 74.2. The second-order valence-corrected chi connectivity index (χ2v) is 19.3. The lowest BCUT2D eigenvalue weighted by Crippen LogP contribution is -2.30. The first-order valence-corrected chi connectivity index (χ1v) is 29.1. The van der Waals surface area contributed by atoms with Crippen molar-refractivity contribution < 1.29 is 28.6 Å². The number of rotatable bonds is 52. The van der Waals surface area contributed by atoms with Gasteiger partial charge in [0.1, 0.15) is 13.2 Å². The van der Waals surface area contributed by atoms with Gasteiger partial charge in [0.25, 0.3) is 0 Å². The molecule has 1 unspecified atom stereocenters. The van der Waals surface area contributed by atoms with Gasteiger partial charge in [-0.05, 0) is 96.3 Å². The van der Waals surface area contributed by atoms with Gasteiger partial charge in [0, 0.05) is 19.3 Å². The molecule has 0 fully saturated rings. The summed E-state index contributed by atoms with van der Waals surface area (Å²) in [6, 6.07) is 0. The maximum Gasteiger partial charge on any atom is 0.306 e. The molecule has 0 aliphatic rings. The summed E-state index contributed by atoms with van der Waals surface area (Å²) in [7, 11) is 0. The largest absolute Gasteiger partial charge is 0.462 e. The Morgan fingerprint density at radius 2 is 0.623 bits per heavy atom. The molecule has 69 heavy (non-hydrogen) atoms. The Morgan fingerprint density at radius 3 is 1.04 bits per heavy atom. The third-order valence-electron chi connectivity index (χ3n) is 12.4. The van der Waals surface area contributed by atoms with Gasteiger partial charge in [0.15, 0.2) is 6.10 Å². The van der Waals surface area contributed by atoms with Crippen molar-refractivity contribution in [3.63, 3.8) is 0 Å². The summed E-state index contributed by atoms with van der Waals surface area (Å²) in [4.78, 5) is 38.2. The molecule has 6 heteroatoms. The van der Waals surface area contributed by atoms with Crippen molar-refractivity contribution in [2.75, 3.05) is 13.2 Å². The highest BCUT2D eigenvalue weighted by Gasteiger charge is 2.19. The van der Waals surface area contributed by atoms with Gasteiger partial charge < -0.3 is 14.2 Å². The van der Waals surface area contributed by atoms with E-state index in [1.54, 1.807) is 0 Å². The highest BCUT2D eigenvalue weighted by Crippen LogP contribution is 2.15. The molecule has 0 aliphatic heterocycles. The number of unbranched alkanes of at least 4 members (excludes halogenated alkanes) is 30. The fourth-order valence-electron chi connectivity index (χ4n) is 8.08. The summed E-state index contributed by atoms with van der Waals surface area (Å²) < 4.78 is 16.9. The summed E-state index contributed by atoms with van der Waals surface area (Å²) in [5.41, 5.74) is 0. The zero-order valence-electron chi connectivity index (χ0n) is 45.3. The van der Waals surface area contributed by atoms with Gasteiger partial charge in [-0.25, -0.2) is 0 Å². The van der Waals surface area contributed by atoms with E-state index in [1.165, 1.54) is 135 Å². The van der Waals surface area contributed by atoms with Crippen LogP contribution in [-0.4, -0.2) is 37.2 Å². The summed E-state index contributed by atoms with van der Waals surface area (Å²) >= 11 is 0. The molecular formula is C63H108O6. The Labute approximate surface area is 426 Å². The number of hydrogen-bond acceptors (Lipinski definition) is 6. The fourth-order valence-corrected chi connectivity index (χ4v) is 8.08. The van der Waals surface area contributed by atoms with Gasteiger partial charge in [-0.3, -0.25) is 14.4 Å². The molecule has 0 N–H and O–H groups in total. The Balaban J connectivity index is 4.43. The third kappa shape index (κ3) is 55.4. The van der Waals surface area contributed by atoms with E-state index in [2.05, 4.69) is 106 Å². The second-order valence-electron chi connectivity index (χ2n) is 19.3. The van der Waals surface area contributed by atoms with Crippen LogP contribution in [0.5, 0.6) is 0 Å². The second kappa shape index (κ2) is 57.2. The number of esters is 3. The minimum atomic E-state index is -0.795. The minimum Gasteiger partial charge on any atom is -0.462 e. The lowest BCUT2D eigenvalue weighted by Gasteiger charge is -2.18. The van der Waals surface area contributed by atoms with E-state index in [0.717, 1.165) is 103 Å². The number of hydrogen-bond donors (Lipinski definition) is 0.